The minimum atomic E-state index is -1.23. The standard InChI is InChI=1S/C24H24N2O4.Na/c1-17-5-11-21(12-6-17)23(27)22-13-15-26(25-22)14-3-4-19-7-9-20(10-8-19)16-30-18(2)24(28)29;/h3-13,15,18H,14,16H2,1-2H3,(H,28,29);/q;+1/p-1/b4-3+;/t18-;/m1./s1. The Morgan fingerprint density at radius 1 is 1.10 bits per heavy atom. The molecule has 0 aliphatic heterocycles. The number of carboxylic acids is 1. The van der Waals surface area contributed by atoms with Crippen LogP contribution in [0, 0.1) is 6.92 Å². The molecule has 0 bridgehead atoms. The Labute approximate surface area is 203 Å². The first kappa shape index (κ1) is 24.8. The van der Waals surface area contributed by atoms with Crippen LogP contribution in [0.5, 0.6) is 0 Å². The summed E-state index contributed by atoms with van der Waals surface area (Å²) in [5, 5.41) is 15.0. The molecule has 3 aromatic rings. The third-order valence-electron chi connectivity index (χ3n) is 4.60. The van der Waals surface area contributed by atoms with Gasteiger partial charge in [-0.05, 0) is 31.0 Å². The number of carbonyl (C=O) groups excluding carboxylic acids is 2. The fourth-order valence-corrected chi connectivity index (χ4v) is 2.75. The minimum Gasteiger partial charge on any atom is -0.547 e. The van der Waals surface area contributed by atoms with Crippen molar-refractivity contribution in [2.75, 3.05) is 0 Å². The van der Waals surface area contributed by atoms with Crippen molar-refractivity contribution in [3.63, 3.8) is 0 Å². The fraction of sp³-hybridized carbons (Fsp3) is 0.208. The van der Waals surface area contributed by atoms with Crippen molar-refractivity contribution in [3.8, 4) is 0 Å². The number of nitrogens with zero attached hydrogens (tertiary/aromatic N) is 2. The Morgan fingerprint density at radius 3 is 2.42 bits per heavy atom. The molecule has 0 saturated heterocycles. The predicted octanol–water partition coefficient (Wildman–Crippen LogP) is -0.205. The predicted molar refractivity (Wildman–Crippen MR) is 112 cm³/mol. The summed E-state index contributed by atoms with van der Waals surface area (Å²) >= 11 is 0. The third-order valence-corrected chi connectivity index (χ3v) is 4.60. The molecule has 0 amide bonds. The van der Waals surface area contributed by atoms with Crippen LogP contribution in [0.15, 0.2) is 66.9 Å². The number of ketones is 1. The summed E-state index contributed by atoms with van der Waals surface area (Å²) in [6, 6.07) is 16.8. The Balaban J connectivity index is 0.00000341. The summed E-state index contributed by atoms with van der Waals surface area (Å²) in [4.78, 5) is 23.2. The van der Waals surface area contributed by atoms with E-state index in [2.05, 4.69) is 5.10 Å². The van der Waals surface area contributed by atoms with Crippen LogP contribution in [0.1, 0.15) is 39.7 Å². The second kappa shape index (κ2) is 11.8. The van der Waals surface area contributed by atoms with Crippen molar-refractivity contribution in [1.29, 1.82) is 0 Å². The number of allylic oxidation sites excluding steroid dienone is 1. The molecule has 6 nitrogen and oxygen atoms in total. The first-order chi connectivity index (χ1) is 14.4. The number of aryl methyl sites for hydroxylation is 1. The second-order valence-corrected chi connectivity index (χ2v) is 7.03. The van der Waals surface area contributed by atoms with E-state index in [1.54, 1.807) is 16.9 Å². The van der Waals surface area contributed by atoms with E-state index in [9.17, 15) is 14.7 Å². The van der Waals surface area contributed by atoms with Crippen molar-refractivity contribution in [3.05, 3.63) is 94.8 Å². The van der Waals surface area contributed by atoms with Crippen molar-refractivity contribution in [2.45, 2.75) is 33.1 Å². The molecule has 1 aromatic heterocycles. The van der Waals surface area contributed by atoms with E-state index in [-0.39, 0.29) is 41.9 Å². The molecule has 0 saturated carbocycles. The first-order valence-electron chi connectivity index (χ1n) is 9.65. The zero-order chi connectivity index (χ0) is 21.5. The molecule has 2 aromatic carbocycles. The summed E-state index contributed by atoms with van der Waals surface area (Å²) < 4.78 is 6.92. The van der Waals surface area contributed by atoms with E-state index in [1.165, 1.54) is 6.92 Å². The molecule has 3 rings (SSSR count). The number of benzene rings is 2. The molecule has 0 N–H and O–H groups in total. The molecule has 0 aliphatic carbocycles. The van der Waals surface area contributed by atoms with Gasteiger partial charge in [0.25, 0.3) is 0 Å². The van der Waals surface area contributed by atoms with Crippen LogP contribution < -0.4 is 34.7 Å². The number of hydrogen-bond donors (Lipinski definition) is 0. The van der Waals surface area contributed by atoms with Gasteiger partial charge in [-0.2, -0.15) is 5.10 Å². The molecule has 1 atom stereocenters. The smallest absolute Gasteiger partial charge is 0.547 e. The maximum atomic E-state index is 12.5. The van der Waals surface area contributed by atoms with E-state index in [0.717, 1.165) is 16.7 Å². The molecule has 0 spiro atoms. The zero-order valence-electron chi connectivity index (χ0n) is 17.9. The van der Waals surface area contributed by atoms with E-state index < -0.39 is 12.1 Å². The van der Waals surface area contributed by atoms with E-state index in [1.807, 2.05) is 67.6 Å². The number of carboxylic acid groups (broad SMARTS) is 1. The van der Waals surface area contributed by atoms with Gasteiger partial charge in [-0.3, -0.25) is 9.48 Å². The molecule has 0 fully saturated rings. The maximum absolute atomic E-state index is 12.5. The molecule has 1 heterocycles. The SMILES string of the molecule is Cc1ccc(C(=O)c2ccn(C/C=C/c3ccc(CO[C@H](C)C(=O)[O-])cc3)n2)cc1.[Na+]. The number of aliphatic carboxylic acids is 1. The number of ether oxygens (including phenoxy) is 1. The third kappa shape index (κ3) is 7.29. The second-order valence-electron chi connectivity index (χ2n) is 7.03. The largest absolute Gasteiger partial charge is 1.00 e. The molecule has 31 heavy (non-hydrogen) atoms. The van der Waals surface area contributed by atoms with Crippen LogP contribution in [-0.4, -0.2) is 27.6 Å². The summed E-state index contributed by atoms with van der Waals surface area (Å²) in [5.74, 6) is -1.32. The number of carbonyl (C=O) groups is 2. The van der Waals surface area contributed by atoms with Crippen LogP contribution in [0.4, 0.5) is 0 Å². The van der Waals surface area contributed by atoms with Crippen LogP contribution in [0.3, 0.4) is 0 Å². The first-order valence-corrected chi connectivity index (χ1v) is 9.65. The zero-order valence-corrected chi connectivity index (χ0v) is 19.9. The summed E-state index contributed by atoms with van der Waals surface area (Å²) in [5.41, 5.74) is 4.03. The van der Waals surface area contributed by atoms with Crippen LogP contribution in [0.25, 0.3) is 6.08 Å². The Hall–Kier alpha value is -2.51. The molecule has 0 aliphatic rings. The van der Waals surface area contributed by atoms with Gasteiger partial charge < -0.3 is 14.6 Å². The molecule has 0 radical (unpaired) electrons. The molecule has 0 unspecified atom stereocenters. The van der Waals surface area contributed by atoms with Gasteiger partial charge in [0.05, 0.1) is 25.2 Å². The van der Waals surface area contributed by atoms with Gasteiger partial charge in [-0.15, -0.1) is 0 Å². The van der Waals surface area contributed by atoms with Gasteiger partial charge in [-0.1, -0.05) is 66.2 Å². The molecule has 154 valence electrons. The summed E-state index contributed by atoms with van der Waals surface area (Å²) in [6.07, 6.45) is 4.75. The average molecular weight is 426 g/mol. The van der Waals surface area contributed by atoms with Crippen LogP contribution in [-0.2, 0) is 22.7 Å². The number of aromatic nitrogens is 2. The molecular weight excluding hydrogens is 403 g/mol. The van der Waals surface area contributed by atoms with Gasteiger partial charge >= 0.3 is 29.6 Å². The van der Waals surface area contributed by atoms with Gasteiger partial charge in [0.1, 0.15) is 5.69 Å². The Bertz CT molecular complexity index is 1040. The van der Waals surface area contributed by atoms with E-state index in [0.29, 0.717) is 17.8 Å². The topological polar surface area (TPSA) is 84.2 Å². The summed E-state index contributed by atoms with van der Waals surface area (Å²) in [6.45, 7) is 4.18. The molecule has 7 heteroatoms. The van der Waals surface area contributed by atoms with E-state index in [4.69, 9.17) is 4.74 Å². The summed E-state index contributed by atoms with van der Waals surface area (Å²) in [7, 11) is 0. The Kier molecular flexibility index (Phi) is 9.40. The maximum Gasteiger partial charge on any atom is 1.00 e. The van der Waals surface area contributed by atoms with Gasteiger partial charge in [0.15, 0.2) is 0 Å². The minimum absolute atomic E-state index is 0. The van der Waals surface area contributed by atoms with Crippen molar-refractivity contribution in [2.24, 2.45) is 0 Å². The quantitative estimate of drug-likeness (QED) is 0.349. The van der Waals surface area contributed by atoms with Crippen LogP contribution >= 0.6 is 0 Å². The Morgan fingerprint density at radius 2 is 1.77 bits per heavy atom. The van der Waals surface area contributed by atoms with Gasteiger partial charge in [-0.25, -0.2) is 0 Å². The van der Waals surface area contributed by atoms with Crippen molar-refractivity contribution < 1.29 is 49.0 Å². The molecular formula is C24H23N2NaO4. The van der Waals surface area contributed by atoms with E-state index >= 15 is 0 Å². The van der Waals surface area contributed by atoms with Crippen molar-refractivity contribution >= 4 is 17.8 Å². The average Bonchev–Trinajstić information content (AvgIpc) is 3.22. The van der Waals surface area contributed by atoms with Gasteiger partial charge in [0, 0.05) is 11.8 Å². The normalized spacial score (nSPS) is 11.8. The van der Waals surface area contributed by atoms with Gasteiger partial charge in [0.2, 0.25) is 5.78 Å². The van der Waals surface area contributed by atoms with Crippen molar-refractivity contribution in [1.82, 2.24) is 9.78 Å². The fourth-order valence-electron chi connectivity index (χ4n) is 2.75. The number of hydrogen-bond acceptors (Lipinski definition) is 5. The monoisotopic (exact) mass is 426 g/mol. The van der Waals surface area contributed by atoms with Crippen LogP contribution in [0.2, 0.25) is 0 Å². The number of rotatable bonds is 9.